The number of rotatable bonds is 6. The third-order valence-corrected chi connectivity index (χ3v) is 3.33. The van der Waals surface area contributed by atoms with Crippen LogP contribution in [0.15, 0.2) is 48.5 Å². The van der Waals surface area contributed by atoms with Gasteiger partial charge in [0.1, 0.15) is 11.5 Å². The smallest absolute Gasteiger partial charge is 0.132 e. The van der Waals surface area contributed by atoms with Crippen molar-refractivity contribution in [3.05, 3.63) is 59.7 Å². The largest absolute Gasteiger partial charge is 0.457 e. The summed E-state index contributed by atoms with van der Waals surface area (Å²) in [7, 11) is 0. The van der Waals surface area contributed by atoms with E-state index in [0.29, 0.717) is 6.42 Å². The molecule has 0 amide bonds. The minimum atomic E-state index is 0.240. The second-order valence-corrected chi connectivity index (χ2v) is 4.90. The van der Waals surface area contributed by atoms with E-state index >= 15 is 0 Å². The highest BCUT2D eigenvalue weighted by Gasteiger charge is 2.10. The summed E-state index contributed by atoms with van der Waals surface area (Å²) in [5.74, 6) is 1.65. The van der Waals surface area contributed by atoms with Gasteiger partial charge in [-0.15, -0.1) is 0 Å². The van der Waals surface area contributed by atoms with E-state index in [1.54, 1.807) is 0 Å². The first-order valence-electron chi connectivity index (χ1n) is 7.20. The van der Waals surface area contributed by atoms with Crippen LogP contribution in [-0.2, 0) is 6.42 Å². The first-order valence-corrected chi connectivity index (χ1v) is 7.20. The van der Waals surface area contributed by atoms with Crippen LogP contribution in [0.2, 0.25) is 0 Å². The topological polar surface area (TPSA) is 45.0 Å². The summed E-state index contributed by atoms with van der Waals surface area (Å²) in [5, 5.41) is 12.1. The molecule has 21 heavy (non-hydrogen) atoms. The van der Waals surface area contributed by atoms with E-state index in [-0.39, 0.29) is 6.04 Å². The van der Waals surface area contributed by atoms with Crippen molar-refractivity contribution in [2.75, 3.05) is 6.54 Å². The quantitative estimate of drug-likeness (QED) is 0.861. The van der Waals surface area contributed by atoms with Crippen molar-refractivity contribution in [2.24, 2.45) is 0 Å². The lowest BCUT2D eigenvalue weighted by atomic mass is 10.1. The Kier molecular flexibility index (Phi) is 5.36. The molecule has 1 atom stereocenters. The van der Waals surface area contributed by atoms with Crippen LogP contribution in [0.1, 0.15) is 31.0 Å². The first-order chi connectivity index (χ1) is 10.2. The summed E-state index contributed by atoms with van der Waals surface area (Å²) in [4.78, 5) is 0. The molecule has 0 heterocycles. The molecule has 3 heteroatoms. The zero-order valence-corrected chi connectivity index (χ0v) is 12.5. The normalized spacial score (nSPS) is 11.7. The average Bonchev–Trinajstić information content (AvgIpc) is 2.50. The van der Waals surface area contributed by atoms with Crippen LogP contribution in [0.4, 0.5) is 0 Å². The van der Waals surface area contributed by atoms with E-state index in [1.807, 2.05) is 42.5 Å². The Morgan fingerprint density at radius 2 is 1.86 bits per heavy atom. The van der Waals surface area contributed by atoms with Gasteiger partial charge in [0, 0.05) is 11.6 Å². The standard InChI is InChI=1S/C18H20N2O/c1-3-20-14(2)17-6-4-5-7-18(17)21-16-10-8-15(9-11-16)12-13-19/h4-11,14,20H,3,12H2,1-2H3. The monoisotopic (exact) mass is 280 g/mol. The molecule has 0 aliphatic carbocycles. The van der Waals surface area contributed by atoms with Crippen molar-refractivity contribution in [3.63, 3.8) is 0 Å². The molecule has 0 saturated heterocycles. The lowest BCUT2D eigenvalue weighted by molar-refractivity contribution is 0.463. The summed E-state index contributed by atoms with van der Waals surface area (Å²) in [5.41, 5.74) is 2.14. The van der Waals surface area contributed by atoms with Crippen molar-refractivity contribution in [1.29, 1.82) is 5.26 Å². The average molecular weight is 280 g/mol. The highest BCUT2D eigenvalue weighted by atomic mass is 16.5. The Labute approximate surface area is 126 Å². The molecule has 1 N–H and O–H groups in total. The number of benzene rings is 2. The van der Waals surface area contributed by atoms with Gasteiger partial charge in [-0.2, -0.15) is 5.26 Å². The summed E-state index contributed by atoms with van der Waals surface area (Å²) >= 11 is 0. The number of nitriles is 1. The van der Waals surface area contributed by atoms with Gasteiger partial charge in [-0.3, -0.25) is 0 Å². The van der Waals surface area contributed by atoms with Crippen molar-refractivity contribution < 1.29 is 4.74 Å². The van der Waals surface area contributed by atoms with Crippen molar-refractivity contribution >= 4 is 0 Å². The fourth-order valence-electron chi connectivity index (χ4n) is 2.24. The van der Waals surface area contributed by atoms with Gasteiger partial charge in [0.15, 0.2) is 0 Å². The summed E-state index contributed by atoms with van der Waals surface area (Å²) in [6.45, 7) is 5.13. The number of hydrogen-bond donors (Lipinski definition) is 1. The minimum Gasteiger partial charge on any atom is -0.457 e. The van der Waals surface area contributed by atoms with Gasteiger partial charge < -0.3 is 10.1 Å². The summed E-state index contributed by atoms with van der Waals surface area (Å²) in [6, 6.07) is 18.1. The Morgan fingerprint density at radius 3 is 2.52 bits per heavy atom. The number of hydrogen-bond acceptors (Lipinski definition) is 3. The van der Waals surface area contributed by atoms with Gasteiger partial charge >= 0.3 is 0 Å². The summed E-state index contributed by atoms with van der Waals surface area (Å²) < 4.78 is 5.99. The Bertz CT molecular complexity index is 614. The molecule has 0 radical (unpaired) electrons. The maximum Gasteiger partial charge on any atom is 0.132 e. The van der Waals surface area contributed by atoms with Gasteiger partial charge in [-0.1, -0.05) is 37.3 Å². The minimum absolute atomic E-state index is 0.240. The Hall–Kier alpha value is -2.31. The SMILES string of the molecule is CCNC(C)c1ccccc1Oc1ccc(CC#N)cc1. The number of ether oxygens (including phenoxy) is 1. The van der Waals surface area contributed by atoms with E-state index in [9.17, 15) is 0 Å². The lowest BCUT2D eigenvalue weighted by Crippen LogP contribution is -2.18. The van der Waals surface area contributed by atoms with E-state index in [1.165, 1.54) is 0 Å². The number of nitrogens with one attached hydrogen (secondary N) is 1. The zero-order valence-electron chi connectivity index (χ0n) is 12.5. The van der Waals surface area contributed by atoms with Crippen molar-refractivity contribution in [1.82, 2.24) is 5.32 Å². The fourth-order valence-corrected chi connectivity index (χ4v) is 2.24. The predicted molar refractivity (Wildman–Crippen MR) is 84.4 cm³/mol. The second-order valence-electron chi connectivity index (χ2n) is 4.90. The molecule has 2 rings (SSSR count). The van der Waals surface area contributed by atoms with Crippen LogP contribution < -0.4 is 10.1 Å². The maximum atomic E-state index is 8.68. The Morgan fingerprint density at radius 1 is 1.14 bits per heavy atom. The number of nitrogens with zero attached hydrogens (tertiary/aromatic N) is 1. The molecule has 2 aromatic rings. The molecule has 108 valence electrons. The van der Waals surface area contributed by atoms with Gasteiger partial charge in [0.05, 0.1) is 12.5 Å². The molecular weight excluding hydrogens is 260 g/mol. The third-order valence-electron chi connectivity index (χ3n) is 3.33. The van der Waals surface area contributed by atoms with Crippen LogP contribution in [0.5, 0.6) is 11.5 Å². The molecule has 0 aliphatic rings. The maximum absolute atomic E-state index is 8.68. The van der Waals surface area contributed by atoms with Crippen LogP contribution in [0.3, 0.4) is 0 Å². The summed E-state index contributed by atoms with van der Waals surface area (Å²) in [6.07, 6.45) is 0.425. The molecule has 0 saturated carbocycles. The molecule has 3 nitrogen and oxygen atoms in total. The molecule has 2 aromatic carbocycles. The third kappa shape index (κ3) is 4.08. The molecule has 0 spiro atoms. The molecule has 0 aromatic heterocycles. The van der Waals surface area contributed by atoms with E-state index < -0.39 is 0 Å². The lowest BCUT2D eigenvalue weighted by Gasteiger charge is -2.17. The van der Waals surface area contributed by atoms with Crippen LogP contribution in [0, 0.1) is 11.3 Å². The van der Waals surface area contributed by atoms with Crippen LogP contribution in [0.25, 0.3) is 0 Å². The van der Waals surface area contributed by atoms with Crippen molar-refractivity contribution in [3.8, 4) is 17.6 Å². The van der Waals surface area contributed by atoms with Gasteiger partial charge in [-0.05, 0) is 37.2 Å². The molecular formula is C18H20N2O. The first kappa shape index (κ1) is 15.1. The number of para-hydroxylation sites is 1. The van der Waals surface area contributed by atoms with Gasteiger partial charge in [0.25, 0.3) is 0 Å². The molecule has 0 bridgehead atoms. The second kappa shape index (κ2) is 7.47. The van der Waals surface area contributed by atoms with E-state index in [2.05, 4.69) is 31.3 Å². The highest BCUT2D eigenvalue weighted by molar-refractivity contribution is 5.40. The molecule has 1 unspecified atom stereocenters. The zero-order chi connectivity index (χ0) is 15.1. The van der Waals surface area contributed by atoms with E-state index in [4.69, 9.17) is 10.00 Å². The van der Waals surface area contributed by atoms with E-state index in [0.717, 1.165) is 29.2 Å². The molecule has 0 fully saturated rings. The predicted octanol–water partition coefficient (Wildman–Crippen LogP) is 4.22. The van der Waals surface area contributed by atoms with Crippen LogP contribution >= 0.6 is 0 Å². The van der Waals surface area contributed by atoms with Gasteiger partial charge in [-0.25, -0.2) is 0 Å². The van der Waals surface area contributed by atoms with Gasteiger partial charge in [0.2, 0.25) is 0 Å². The fraction of sp³-hybridized carbons (Fsp3) is 0.278. The molecule has 0 aliphatic heterocycles. The van der Waals surface area contributed by atoms with Crippen molar-refractivity contribution in [2.45, 2.75) is 26.3 Å². The Balaban J connectivity index is 2.17. The van der Waals surface area contributed by atoms with Crippen LogP contribution in [-0.4, -0.2) is 6.54 Å². The highest BCUT2D eigenvalue weighted by Crippen LogP contribution is 2.29.